The van der Waals surface area contributed by atoms with Crippen LogP contribution < -0.4 is 4.90 Å². The first-order chi connectivity index (χ1) is 11.7. The molecule has 1 saturated carbocycles. The highest BCUT2D eigenvalue weighted by Gasteiger charge is 2.30. The van der Waals surface area contributed by atoms with Gasteiger partial charge in [0.1, 0.15) is 12.1 Å². The molecule has 2 fully saturated rings. The topological polar surface area (TPSA) is 65.4 Å². The average Bonchev–Trinajstić information content (AvgIpc) is 2.98. The van der Waals surface area contributed by atoms with Gasteiger partial charge in [-0.2, -0.15) is 0 Å². The highest BCUT2D eigenvalue weighted by atomic mass is 32.1. The lowest BCUT2D eigenvalue weighted by Crippen LogP contribution is -2.46. The Labute approximate surface area is 146 Å². The molecular weight excluding hydrogens is 322 g/mol. The maximum absolute atomic E-state index is 9.49. The molecular formula is C17H23N5OS. The maximum atomic E-state index is 9.49. The number of rotatable bonds is 4. The van der Waals surface area contributed by atoms with E-state index < -0.39 is 0 Å². The second kappa shape index (κ2) is 6.74. The molecule has 7 heteroatoms. The van der Waals surface area contributed by atoms with Gasteiger partial charge in [-0.1, -0.05) is 0 Å². The number of aliphatic hydroxyl groups is 1. The minimum absolute atomic E-state index is 0.147. The number of aromatic nitrogens is 3. The van der Waals surface area contributed by atoms with Crippen LogP contribution in [0.1, 0.15) is 35.2 Å². The zero-order valence-electron chi connectivity index (χ0n) is 13.9. The van der Waals surface area contributed by atoms with E-state index in [0.717, 1.165) is 62.1 Å². The summed E-state index contributed by atoms with van der Waals surface area (Å²) in [7, 11) is 0. The predicted octanol–water partition coefficient (Wildman–Crippen LogP) is 1.80. The first-order valence-corrected chi connectivity index (χ1v) is 9.43. The lowest BCUT2D eigenvalue weighted by Gasteiger charge is -2.36. The zero-order chi connectivity index (χ0) is 16.5. The first kappa shape index (κ1) is 15.9. The van der Waals surface area contributed by atoms with Crippen LogP contribution in [-0.4, -0.2) is 57.2 Å². The van der Waals surface area contributed by atoms with Crippen LogP contribution >= 0.6 is 11.3 Å². The first-order valence-electron chi connectivity index (χ1n) is 8.55. The van der Waals surface area contributed by atoms with Crippen LogP contribution in [0.15, 0.2) is 17.8 Å². The van der Waals surface area contributed by atoms with Crippen molar-refractivity contribution in [3.8, 4) is 0 Å². The summed E-state index contributed by atoms with van der Waals surface area (Å²) in [4.78, 5) is 18.2. The van der Waals surface area contributed by atoms with Gasteiger partial charge < -0.3 is 10.0 Å². The minimum atomic E-state index is -0.147. The van der Waals surface area contributed by atoms with Gasteiger partial charge in [0.25, 0.3) is 0 Å². The number of nitrogens with zero attached hydrogens (tertiary/aromatic N) is 5. The van der Waals surface area contributed by atoms with Crippen LogP contribution in [-0.2, 0) is 6.54 Å². The second-order valence-electron chi connectivity index (χ2n) is 6.74. The lowest BCUT2D eigenvalue weighted by molar-refractivity contribution is 0.0732. The Morgan fingerprint density at radius 1 is 1.21 bits per heavy atom. The van der Waals surface area contributed by atoms with Gasteiger partial charge in [0.15, 0.2) is 0 Å². The fourth-order valence-corrected chi connectivity index (χ4v) is 4.04. The summed E-state index contributed by atoms with van der Waals surface area (Å²) in [6.07, 6.45) is 3.18. The highest BCUT2D eigenvalue weighted by molar-refractivity contribution is 7.09. The maximum Gasteiger partial charge on any atom is 0.132 e. The van der Waals surface area contributed by atoms with Crippen LogP contribution in [0.4, 0.5) is 5.82 Å². The largest absolute Gasteiger partial charge is 0.393 e. The van der Waals surface area contributed by atoms with Gasteiger partial charge in [0, 0.05) is 55.8 Å². The van der Waals surface area contributed by atoms with Crippen LogP contribution in [0.5, 0.6) is 0 Å². The average molecular weight is 345 g/mol. The molecule has 0 aromatic carbocycles. The van der Waals surface area contributed by atoms with Crippen molar-refractivity contribution in [3.05, 3.63) is 34.2 Å². The van der Waals surface area contributed by atoms with Crippen molar-refractivity contribution in [3.63, 3.8) is 0 Å². The number of piperazine rings is 1. The molecule has 1 aliphatic carbocycles. The van der Waals surface area contributed by atoms with E-state index in [1.54, 1.807) is 17.7 Å². The standard InChI is InChI=1S/C17H23N5OS/c1-12-20-14(10-24-12)9-21-2-4-22(5-3-21)17-8-16(18-11-19-17)13-6-15(23)7-13/h8,10-11,13,15,23H,2-7,9H2,1H3. The lowest BCUT2D eigenvalue weighted by atomic mass is 9.80. The Morgan fingerprint density at radius 2 is 2.00 bits per heavy atom. The number of aliphatic hydroxyl groups excluding tert-OH is 1. The quantitative estimate of drug-likeness (QED) is 0.912. The van der Waals surface area contributed by atoms with E-state index in [2.05, 4.69) is 43.1 Å². The van der Waals surface area contributed by atoms with E-state index in [4.69, 9.17) is 0 Å². The molecule has 24 heavy (non-hydrogen) atoms. The van der Waals surface area contributed by atoms with Crippen molar-refractivity contribution in [1.29, 1.82) is 0 Å². The van der Waals surface area contributed by atoms with E-state index in [1.807, 2.05) is 0 Å². The predicted molar refractivity (Wildman–Crippen MR) is 94.4 cm³/mol. The van der Waals surface area contributed by atoms with Gasteiger partial charge >= 0.3 is 0 Å². The van der Waals surface area contributed by atoms with Gasteiger partial charge in [-0.15, -0.1) is 11.3 Å². The van der Waals surface area contributed by atoms with E-state index >= 15 is 0 Å². The molecule has 0 spiro atoms. The summed E-state index contributed by atoms with van der Waals surface area (Å²) in [6.45, 7) is 7.00. The molecule has 6 nitrogen and oxygen atoms in total. The Kier molecular flexibility index (Phi) is 4.47. The zero-order valence-corrected chi connectivity index (χ0v) is 14.7. The molecule has 3 heterocycles. The molecule has 0 atom stereocenters. The van der Waals surface area contributed by atoms with Gasteiger partial charge in [-0.05, 0) is 19.8 Å². The molecule has 2 aromatic rings. The molecule has 1 aliphatic heterocycles. The Hall–Kier alpha value is -1.57. The van der Waals surface area contributed by atoms with Crippen molar-refractivity contribution in [2.24, 2.45) is 0 Å². The molecule has 2 aromatic heterocycles. The molecule has 0 unspecified atom stereocenters. The van der Waals surface area contributed by atoms with E-state index in [0.29, 0.717) is 5.92 Å². The van der Waals surface area contributed by atoms with Crippen molar-refractivity contribution < 1.29 is 5.11 Å². The number of aryl methyl sites for hydroxylation is 1. The molecule has 0 bridgehead atoms. The third kappa shape index (κ3) is 3.43. The highest BCUT2D eigenvalue weighted by Crippen LogP contribution is 2.36. The molecule has 0 amide bonds. The number of thiazole rings is 1. The van der Waals surface area contributed by atoms with Gasteiger partial charge in [0.05, 0.1) is 16.8 Å². The summed E-state index contributed by atoms with van der Waals surface area (Å²) in [6, 6.07) is 2.11. The second-order valence-corrected chi connectivity index (χ2v) is 7.81. The third-order valence-corrected chi connectivity index (χ3v) is 5.78. The summed E-state index contributed by atoms with van der Waals surface area (Å²) in [5.41, 5.74) is 2.25. The van der Waals surface area contributed by atoms with Crippen LogP contribution in [0.25, 0.3) is 0 Å². The number of hydrogen-bond donors (Lipinski definition) is 1. The monoisotopic (exact) mass is 345 g/mol. The minimum Gasteiger partial charge on any atom is -0.393 e. The van der Waals surface area contributed by atoms with Crippen LogP contribution in [0.3, 0.4) is 0 Å². The molecule has 1 saturated heterocycles. The fourth-order valence-electron chi connectivity index (χ4n) is 3.43. The van der Waals surface area contributed by atoms with Gasteiger partial charge in [-0.25, -0.2) is 15.0 Å². The fraction of sp³-hybridized carbons (Fsp3) is 0.588. The Bertz CT molecular complexity index is 692. The normalized spacial score (nSPS) is 24.8. The number of hydrogen-bond acceptors (Lipinski definition) is 7. The van der Waals surface area contributed by atoms with Gasteiger partial charge in [0.2, 0.25) is 0 Å². The summed E-state index contributed by atoms with van der Waals surface area (Å²) >= 11 is 1.72. The molecule has 4 rings (SSSR count). The van der Waals surface area contributed by atoms with Crippen molar-refractivity contribution in [2.45, 2.75) is 38.3 Å². The van der Waals surface area contributed by atoms with Crippen LogP contribution in [0.2, 0.25) is 0 Å². The molecule has 1 N–H and O–H groups in total. The summed E-state index contributed by atoms with van der Waals surface area (Å²) < 4.78 is 0. The summed E-state index contributed by atoms with van der Waals surface area (Å²) in [5.74, 6) is 1.42. The van der Waals surface area contributed by atoms with Crippen molar-refractivity contribution >= 4 is 17.2 Å². The van der Waals surface area contributed by atoms with E-state index in [1.165, 1.54) is 5.69 Å². The van der Waals surface area contributed by atoms with Crippen molar-refractivity contribution in [2.75, 3.05) is 31.1 Å². The van der Waals surface area contributed by atoms with E-state index in [-0.39, 0.29) is 6.10 Å². The van der Waals surface area contributed by atoms with Crippen molar-refractivity contribution in [1.82, 2.24) is 19.9 Å². The van der Waals surface area contributed by atoms with Gasteiger partial charge in [-0.3, -0.25) is 4.90 Å². The molecule has 128 valence electrons. The summed E-state index contributed by atoms with van der Waals surface area (Å²) in [5, 5.41) is 12.8. The Balaban J connectivity index is 1.34. The molecule has 2 aliphatic rings. The third-order valence-electron chi connectivity index (χ3n) is 4.95. The Morgan fingerprint density at radius 3 is 2.67 bits per heavy atom. The molecule has 0 radical (unpaired) electrons. The number of anilines is 1. The van der Waals surface area contributed by atoms with E-state index in [9.17, 15) is 5.11 Å². The smallest absolute Gasteiger partial charge is 0.132 e. The SMILES string of the molecule is Cc1nc(CN2CCN(c3cc(C4CC(O)C4)ncn3)CC2)cs1. The van der Waals surface area contributed by atoms with Crippen LogP contribution in [0, 0.1) is 6.92 Å².